The number of carbonyl (C=O) groups is 2. The highest BCUT2D eigenvalue weighted by molar-refractivity contribution is 5.94. The molecule has 1 atom stereocenters. The van der Waals surface area contributed by atoms with E-state index in [0.29, 0.717) is 12.1 Å². The monoisotopic (exact) mass is 448 g/mol. The average molecular weight is 449 g/mol. The fraction of sp³-hybridized carbons (Fsp3) is 0.280. The van der Waals surface area contributed by atoms with Crippen LogP contribution in [0.5, 0.6) is 0 Å². The molecule has 0 saturated carbocycles. The van der Waals surface area contributed by atoms with E-state index in [1.807, 2.05) is 44.2 Å². The van der Waals surface area contributed by atoms with Crippen molar-refractivity contribution in [3.8, 4) is 0 Å². The Morgan fingerprint density at radius 2 is 1.70 bits per heavy atom. The van der Waals surface area contributed by atoms with Crippen LogP contribution in [0.15, 0.2) is 76.4 Å². The number of rotatable bonds is 9. The summed E-state index contributed by atoms with van der Waals surface area (Å²) in [7, 11) is 0. The van der Waals surface area contributed by atoms with E-state index >= 15 is 0 Å². The zero-order valence-electron chi connectivity index (χ0n) is 18.8. The maximum Gasteiger partial charge on any atom is 0.331 e. The van der Waals surface area contributed by atoms with E-state index in [-0.39, 0.29) is 25.0 Å². The fourth-order valence-electron chi connectivity index (χ4n) is 3.23. The van der Waals surface area contributed by atoms with Gasteiger partial charge >= 0.3 is 5.69 Å². The molecule has 0 radical (unpaired) electrons. The lowest BCUT2D eigenvalue weighted by molar-refractivity contribution is -0.121. The van der Waals surface area contributed by atoms with Gasteiger partial charge in [0.15, 0.2) is 0 Å². The maximum absolute atomic E-state index is 12.7. The van der Waals surface area contributed by atoms with Crippen molar-refractivity contribution in [1.82, 2.24) is 19.8 Å². The SMILES string of the molecule is CCC(C)NC(=O)c1cccc(CNC(=O)Cn2c(=O)ccn(Cc3ccccc3)c2=O)c1. The molecule has 0 fully saturated rings. The first kappa shape index (κ1) is 23.7. The van der Waals surface area contributed by atoms with Crippen molar-refractivity contribution in [2.45, 2.75) is 45.9 Å². The Bertz CT molecular complexity index is 1230. The van der Waals surface area contributed by atoms with Gasteiger partial charge in [-0.25, -0.2) is 4.79 Å². The molecular weight excluding hydrogens is 420 g/mol. The van der Waals surface area contributed by atoms with E-state index in [1.165, 1.54) is 16.8 Å². The zero-order chi connectivity index (χ0) is 23.8. The molecule has 0 aliphatic carbocycles. The van der Waals surface area contributed by atoms with Gasteiger partial charge in [-0.05, 0) is 36.6 Å². The molecule has 1 unspecified atom stereocenters. The first-order valence-electron chi connectivity index (χ1n) is 10.9. The van der Waals surface area contributed by atoms with E-state index in [1.54, 1.807) is 24.3 Å². The van der Waals surface area contributed by atoms with E-state index in [9.17, 15) is 19.2 Å². The van der Waals surface area contributed by atoms with Crippen molar-refractivity contribution in [2.24, 2.45) is 0 Å². The first-order chi connectivity index (χ1) is 15.9. The Morgan fingerprint density at radius 1 is 0.970 bits per heavy atom. The Balaban J connectivity index is 1.65. The van der Waals surface area contributed by atoms with Crippen LogP contribution < -0.4 is 21.9 Å². The largest absolute Gasteiger partial charge is 0.350 e. The molecule has 0 saturated heterocycles. The van der Waals surface area contributed by atoms with Gasteiger partial charge in [0, 0.05) is 30.4 Å². The molecule has 8 heteroatoms. The van der Waals surface area contributed by atoms with Gasteiger partial charge in [-0.15, -0.1) is 0 Å². The smallest absolute Gasteiger partial charge is 0.331 e. The van der Waals surface area contributed by atoms with E-state index in [4.69, 9.17) is 0 Å². The summed E-state index contributed by atoms with van der Waals surface area (Å²) in [5.74, 6) is -0.645. The van der Waals surface area contributed by atoms with Gasteiger partial charge in [-0.1, -0.05) is 49.4 Å². The Kier molecular flexibility index (Phi) is 7.96. The lowest BCUT2D eigenvalue weighted by atomic mass is 10.1. The van der Waals surface area contributed by atoms with Crippen LogP contribution in [0.25, 0.3) is 0 Å². The Hall–Kier alpha value is -3.94. The second kappa shape index (κ2) is 11.1. The lowest BCUT2D eigenvalue weighted by Gasteiger charge is -2.12. The zero-order valence-corrected chi connectivity index (χ0v) is 18.8. The predicted molar refractivity (Wildman–Crippen MR) is 126 cm³/mol. The summed E-state index contributed by atoms with van der Waals surface area (Å²) in [5.41, 5.74) is 1.06. The van der Waals surface area contributed by atoms with E-state index in [2.05, 4.69) is 10.6 Å². The molecule has 2 amide bonds. The lowest BCUT2D eigenvalue weighted by Crippen LogP contribution is -2.43. The van der Waals surface area contributed by atoms with Crippen LogP contribution in [0.3, 0.4) is 0 Å². The van der Waals surface area contributed by atoms with Crippen molar-refractivity contribution in [1.29, 1.82) is 0 Å². The number of benzene rings is 2. The highest BCUT2D eigenvalue weighted by Crippen LogP contribution is 2.06. The third-order valence-corrected chi connectivity index (χ3v) is 5.31. The number of carbonyl (C=O) groups excluding carboxylic acids is 2. The fourth-order valence-corrected chi connectivity index (χ4v) is 3.23. The molecule has 3 aromatic rings. The van der Waals surface area contributed by atoms with Crippen molar-refractivity contribution >= 4 is 11.8 Å². The Labute approximate surface area is 191 Å². The number of hydrogen-bond donors (Lipinski definition) is 2. The van der Waals surface area contributed by atoms with E-state index in [0.717, 1.165) is 22.1 Å². The van der Waals surface area contributed by atoms with Crippen molar-refractivity contribution in [3.05, 3.63) is 104 Å². The molecule has 172 valence electrons. The summed E-state index contributed by atoms with van der Waals surface area (Å²) in [6.07, 6.45) is 2.26. The summed E-state index contributed by atoms with van der Waals surface area (Å²) < 4.78 is 2.30. The third-order valence-electron chi connectivity index (χ3n) is 5.31. The van der Waals surface area contributed by atoms with Crippen LogP contribution >= 0.6 is 0 Å². The molecule has 0 aliphatic heterocycles. The summed E-state index contributed by atoms with van der Waals surface area (Å²) in [6, 6.07) is 17.7. The number of nitrogens with one attached hydrogen (secondary N) is 2. The molecule has 3 rings (SSSR count). The van der Waals surface area contributed by atoms with Gasteiger partial charge in [0.2, 0.25) is 5.91 Å². The standard InChI is InChI=1S/C25H28N4O4/c1-3-18(2)27-24(32)21-11-7-10-20(14-21)15-26-22(30)17-29-23(31)12-13-28(25(29)33)16-19-8-5-4-6-9-19/h4-14,18H,3,15-17H2,1-2H3,(H,26,30)(H,27,32). The van der Waals surface area contributed by atoms with Gasteiger partial charge in [-0.3, -0.25) is 23.5 Å². The summed E-state index contributed by atoms with van der Waals surface area (Å²) in [4.78, 5) is 49.7. The molecule has 2 aromatic carbocycles. The molecule has 33 heavy (non-hydrogen) atoms. The molecule has 1 aromatic heterocycles. The Morgan fingerprint density at radius 3 is 2.42 bits per heavy atom. The number of amides is 2. The highest BCUT2D eigenvalue weighted by Gasteiger charge is 2.12. The van der Waals surface area contributed by atoms with Crippen LogP contribution in [0.4, 0.5) is 0 Å². The van der Waals surface area contributed by atoms with E-state index < -0.39 is 17.2 Å². The minimum Gasteiger partial charge on any atom is -0.350 e. The van der Waals surface area contributed by atoms with Gasteiger partial charge in [0.25, 0.3) is 11.5 Å². The summed E-state index contributed by atoms with van der Waals surface area (Å²) >= 11 is 0. The molecule has 1 heterocycles. The summed E-state index contributed by atoms with van der Waals surface area (Å²) in [5, 5.41) is 5.61. The topological polar surface area (TPSA) is 102 Å². The van der Waals surface area contributed by atoms with Crippen molar-refractivity contribution in [2.75, 3.05) is 0 Å². The van der Waals surface area contributed by atoms with Crippen LogP contribution in [0.1, 0.15) is 41.8 Å². The minimum atomic E-state index is -0.551. The second-order valence-electron chi connectivity index (χ2n) is 7.90. The predicted octanol–water partition coefficient (Wildman–Crippen LogP) is 1.90. The quantitative estimate of drug-likeness (QED) is 0.522. The molecular formula is C25H28N4O4. The van der Waals surface area contributed by atoms with Gasteiger partial charge in [-0.2, -0.15) is 0 Å². The van der Waals surface area contributed by atoms with Crippen LogP contribution in [-0.4, -0.2) is 27.0 Å². The summed E-state index contributed by atoms with van der Waals surface area (Å²) in [6.45, 7) is 4.00. The molecule has 8 nitrogen and oxygen atoms in total. The number of nitrogens with zero attached hydrogens (tertiary/aromatic N) is 2. The van der Waals surface area contributed by atoms with Crippen LogP contribution in [-0.2, 0) is 24.4 Å². The second-order valence-corrected chi connectivity index (χ2v) is 7.90. The van der Waals surface area contributed by atoms with Crippen LogP contribution in [0.2, 0.25) is 0 Å². The van der Waals surface area contributed by atoms with Crippen LogP contribution in [0, 0.1) is 0 Å². The molecule has 0 spiro atoms. The highest BCUT2D eigenvalue weighted by atomic mass is 16.2. The third kappa shape index (κ3) is 6.52. The minimum absolute atomic E-state index is 0.0657. The number of aromatic nitrogens is 2. The van der Waals surface area contributed by atoms with Gasteiger partial charge in [0.05, 0.1) is 6.54 Å². The van der Waals surface area contributed by atoms with Gasteiger partial charge < -0.3 is 10.6 Å². The normalized spacial score (nSPS) is 11.6. The molecule has 0 aliphatic rings. The molecule has 0 bridgehead atoms. The number of hydrogen-bond acceptors (Lipinski definition) is 4. The van der Waals surface area contributed by atoms with Gasteiger partial charge in [0.1, 0.15) is 6.54 Å². The van der Waals surface area contributed by atoms with Crippen molar-refractivity contribution < 1.29 is 9.59 Å². The molecule has 2 N–H and O–H groups in total. The first-order valence-corrected chi connectivity index (χ1v) is 10.9. The van der Waals surface area contributed by atoms with Crippen molar-refractivity contribution in [3.63, 3.8) is 0 Å². The maximum atomic E-state index is 12.7. The average Bonchev–Trinajstić information content (AvgIpc) is 2.83.